The number of hydrogen-bond donors (Lipinski definition) is 3. The molecule has 3 N–H and O–H groups in total. The minimum Gasteiger partial charge on any atom is -0.477 e. The number of likely N-dealkylation sites (tertiary alicyclic amines) is 1. The number of carboxylic acids is 1. The van der Waals surface area contributed by atoms with E-state index in [9.17, 15) is 32.7 Å². The number of anilines is 1. The molecule has 14 heteroatoms. The van der Waals surface area contributed by atoms with Crippen LogP contribution in [0.25, 0.3) is 32.6 Å². The Morgan fingerprint density at radius 3 is 2.59 bits per heavy atom. The summed E-state index contributed by atoms with van der Waals surface area (Å²) in [4.78, 5) is 47.4. The van der Waals surface area contributed by atoms with Crippen molar-refractivity contribution in [1.82, 2.24) is 24.8 Å². The first kappa shape index (κ1) is 28.2. The second-order valence-electron chi connectivity index (χ2n) is 9.72. The average Bonchev–Trinajstić information content (AvgIpc) is 3.41. The van der Waals surface area contributed by atoms with Crippen molar-refractivity contribution >= 4 is 40.1 Å². The van der Waals surface area contributed by atoms with Crippen molar-refractivity contribution in [2.45, 2.75) is 25.6 Å². The molecule has 1 fully saturated rings. The third kappa shape index (κ3) is 5.65. The number of aromatic nitrogens is 3. The number of amides is 2. The van der Waals surface area contributed by atoms with Crippen LogP contribution in [0.1, 0.15) is 35.4 Å². The van der Waals surface area contributed by atoms with Crippen molar-refractivity contribution in [3.05, 3.63) is 63.5 Å². The maximum atomic E-state index is 13.4. The van der Waals surface area contributed by atoms with E-state index in [1.54, 1.807) is 16.7 Å². The summed E-state index contributed by atoms with van der Waals surface area (Å²) in [5.74, 6) is -1.27. The molecular weight excluding hydrogens is 561 g/mol. The van der Waals surface area contributed by atoms with Crippen LogP contribution in [0.4, 0.5) is 23.8 Å². The number of alkyl halides is 3. The number of hydrogen-bond acceptors (Lipinski definition) is 7. The van der Waals surface area contributed by atoms with Crippen molar-refractivity contribution in [2.75, 3.05) is 32.0 Å². The number of halogens is 3. The fraction of sp³-hybridized carbons (Fsp3) is 0.296. The van der Waals surface area contributed by atoms with Gasteiger partial charge in [0, 0.05) is 53.9 Å². The molecule has 2 amide bonds. The van der Waals surface area contributed by atoms with E-state index in [1.165, 1.54) is 24.5 Å². The van der Waals surface area contributed by atoms with Crippen LogP contribution in [0.15, 0.2) is 46.8 Å². The zero-order valence-corrected chi connectivity index (χ0v) is 22.8. The molecule has 4 aromatic rings. The quantitative estimate of drug-likeness (QED) is 0.280. The third-order valence-electron chi connectivity index (χ3n) is 6.72. The Labute approximate surface area is 235 Å². The Balaban J connectivity index is 1.66. The van der Waals surface area contributed by atoms with Crippen LogP contribution < -0.4 is 16.1 Å². The van der Waals surface area contributed by atoms with Gasteiger partial charge in [0.05, 0.1) is 11.6 Å². The van der Waals surface area contributed by atoms with Gasteiger partial charge in [-0.05, 0) is 37.2 Å². The van der Waals surface area contributed by atoms with Gasteiger partial charge < -0.3 is 19.9 Å². The fourth-order valence-electron chi connectivity index (χ4n) is 4.68. The first-order chi connectivity index (χ1) is 19.5. The fourth-order valence-corrected chi connectivity index (χ4v) is 5.53. The van der Waals surface area contributed by atoms with Crippen LogP contribution in [0.5, 0.6) is 0 Å². The number of benzene rings is 1. The Bertz CT molecular complexity index is 1710. The summed E-state index contributed by atoms with van der Waals surface area (Å²) >= 11 is 0.775. The first-order valence-corrected chi connectivity index (χ1v) is 13.5. The van der Waals surface area contributed by atoms with Crippen molar-refractivity contribution < 1.29 is 27.9 Å². The van der Waals surface area contributed by atoms with Gasteiger partial charge in [0.2, 0.25) is 5.43 Å². The van der Waals surface area contributed by atoms with Gasteiger partial charge in [0.1, 0.15) is 16.4 Å². The molecule has 4 heterocycles. The summed E-state index contributed by atoms with van der Waals surface area (Å²) in [5, 5.41) is 16.0. The lowest BCUT2D eigenvalue weighted by Crippen LogP contribution is -2.45. The number of fused-ring (bicyclic) bond motifs is 1. The zero-order valence-electron chi connectivity index (χ0n) is 22.0. The smallest absolute Gasteiger partial charge is 0.434 e. The predicted octanol–water partition coefficient (Wildman–Crippen LogP) is 4.92. The molecule has 0 bridgehead atoms. The number of likely N-dealkylation sites (N-methyl/N-ethyl adjacent to an activating group) is 1. The molecule has 0 spiro atoms. The maximum Gasteiger partial charge on any atom is 0.434 e. The largest absolute Gasteiger partial charge is 0.477 e. The lowest BCUT2D eigenvalue weighted by Gasteiger charge is -2.38. The van der Waals surface area contributed by atoms with Crippen LogP contribution in [-0.4, -0.2) is 63.2 Å². The second-order valence-corrected chi connectivity index (χ2v) is 10.6. The van der Waals surface area contributed by atoms with Gasteiger partial charge in [-0.2, -0.15) is 13.2 Å². The topological polar surface area (TPSA) is 129 Å². The molecule has 214 valence electrons. The van der Waals surface area contributed by atoms with Crippen molar-refractivity contribution in [2.24, 2.45) is 0 Å². The summed E-state index contributed by atoms with van der Waals surface area (Å²) < 4.78 is 41.9. The molecule has 5 rings (SSSR count). The van der Waals surface area contributed by atoms with E-state index >= 15 is 0 Å². The monoisotopic (exact) mass is 586 g/mol. The molecular formula is C27H25F3N6O4S. The van der Waals surface area contributed by atoms with Gasteiger partial charge in [0.15, 0.2) is 5.69 Å². The van der Waals surface area contributed by atoms with E-state index in [0.29, 0.717) is 42.7 Å². The molecule has 1 aromatic carbocycles. The molecule has 0 saturated carbocycles. The SMILES string of the molecule is CCCNC(=O)Nc1cc(-c2nc(C(F)(F)F)cs2)c(-c2ccc3c(c2)c(=O)c(C(=O)O)cn3C2CN(C)C2)cn1. The molecule has 3 aromatic heterocycles. The third-order valence-corrected chi connectivity index (χ3v) is 7.59. The van der Waals surface area contributed by atoms with Crippen molar-refractivity contribution in [3.8, 4) is 21.7 Å². The Morgan fingerprint density at radius 2 is 1.95 bits per heavy atom. The minimum atomic E-state index is -4.65. The van der Waals surface area contributed by atoms with E-state index in [2.05, 4.69) is 25.5 Å². The normalized spacial score (nSPS) is 14.2. The van der Waals surface area contributed by atoms with Gasteiger partial charge in [-0.1, -0.05) is 13.0 Å². The number of nitrogens with one attached hydrogen (secondary N) is 2. The van der Waals surface area contributed by atoms with Crippen LogP contribution in [0, 0.1) is 0 Å². The van der Waals surface area contributed by atoms with E-state index in [0.717, 1.165) is 16.7 Å². The number of carboxylic acid groups (broad SMARTS) is 1. The van der Waals surface area contributed by atoms with Gasteiger partial charge in [-0.15, -0.1) is 11.3 Å². The lowest BCUT2D eigenvalue weighted by molar-refractivity contribution is -0.140. The highest BCUT2D eigenvalue weighted by Gasteiger charge is 2.34. The van der Waals surface area contributed by atoms with E-state index in [-0.39, 0.29) is 33.4 Å². The van der Waals surface area contributed by atoms with E-state index < -0.39 is 29.3 Å². The van der Waals surface area contributed by atoms with Gasteiger partial charge in [-0.3, -0.25) is 10.1 Å². The van der Waals surface area contributed by atoms with Gasteiger partial charge >= 0.3 is 18.2 Å². The minimum absolute atomic E-state index is 0.0235. The van der Waals surface area contributed by atoms with Crippen LogP contribution >= 0.6 is 11.3 Å². The van der Waals surface area contributed by atoms with Crippen molar-refractivity contribution in [1.29, 1.82) is 0 Å². The zero-order chi connectivity index (χ0) is 29.5. The number of rotatable bonds is 7. The highest BCUT2D eigenvalue weighted by molar-refractivity contribution is 7.13. The first-order valence-electron chi connectivity index (χ1n) is 12.7. The number of pyridine rings is 2. The predicted molar refractivity (Wildman–Crippen MR) is 148 cm³/mol. The summed E-state index contributed by atoms with van der Waals surface area (Å²) in [5.41, 5.74) is -0.556. The molecule has 1 aliphatic rings. The van der Waals surface area contributed by atoms with Crippen LogP contribution in [0.3, 0.4) is 0 Å². The Kier molecular flexibility index (Phi) is 7.53. The molecule has 10 nitrogen and oxygen atoms in total. The molecule has 0 atom stereocenters. The molecule has 0 radical (unpaired) electrons. The van der Waals surface area contributed by atoms with Crippen LogP contribution in [-0.2, 0) is 6.18 Å². The van der Waals surface area contributed by atoms with Gasteiger partial charge in [0.25, 0.3) is 0 Å². The molecule has 1 aliphatic heterocycles. The number of thiazole rings is 1. The number of carbonyl (C=O) groups excluding carboxylic acids is 1. The number of aromatic carboxylic acids is 1. The molecule has 41 heavy (non-hydrogen) atoms. The molecule has 0 aliphatic carbocycles. The van der Waals surface area contributed by atoms with E-state index in [4.69, 9.17) is 0 Å². The maximum absolute atomic E-state index is 13.4. The number of nitrogens with zero attached hydrogens (tertiary/aromatic N) is 4. The van der Waals surface area contributed by atoms with Crippen molar-refractivity contribution in [3.63, 3.8) is 0 Å². The summed E-state index contributed by atoms with van der Waals surface area (Å²) in [7, 11) is 1.93. The summed E-state index contributed by atoms with van der Waals surface area (Å²) in [6.45, 7) is 3.66. The lowest BCUT2D eigenvalue weighted by atomic mass is 9.98. The summed E-state index contributed by atoms with van der Waals surface area (Å²) in [6, 6.07) is 5.77. The average molecular weight is 587 g/mol. The molecule has 0 unspecified atom stereocenters. The molecule has 1 saturated heterocycles. The summed E-state index contributed by atoms with van der Waals surface area (Å²) in [6.07, 6.45) is -1.22. The van der Waals surface area contributed by atoms with Gasteiger partial charge in [-0.25, -0.2) is 19.6 Å². The standard InChI is InChI=1S/C27H25F3N6O4S/c1-3-6-31-26(40)34-22-8-16(24-33-21(13-41-24)27(28,29)30)18(9-32-22)14-4-5-20-17(7-14)23(37)19(25(38)39)12-36(20)15-10-35(2)11-15/h4-5,7-9,12-13,15H,3,6,10-11H2,1-2H3,(H,38,39)(H2,31,32,34,40). The number of urea groups is 1. The Hall–Kier alpha value is -4.30. The highest BCUT2D eigenvalue weighted by Crippen LogP contribution is 2.39. The second kappa shape index (κ2) is 10.9. The van der Waals surface area contributed by atoms with Crippen LogP contribution in [0.2, 0.25) is 0 Å². The van der Waals surface area contributed by atoms with E-state index in [1.807, 2.05) is 14.0 Å². The number of carbonyl (C=O) groups is 2. The Morgan fingerprint density at radius 1 is 1.20 bits per heavy atom. The highest BCUT2D eigenvalue weighted by atomic mass is 32.1.